The Morgan fingerprint density at radius 1 is 1.42 bits per heavy atom. The van der Waals surface area contributed by atoms with Crippen LogP contribution >= 0.6 is 11.8 Å². The van der Waals surface area contributed by atoms with Crippen LogP contribution in [0.15, 0.2) is 6.20 Å². The Labute approximate surface area is 77.8 Å². The first-order valence-electron chi connectivity index (χ1n) is 4.11. The van der Waals surface area contributed by atoms with Crippen LogP contribution in [0.25, 0.3) is 0 Å². The molecule has 2 nitrogen and oxygen atoms in total. The highest BCUT2D eigenvalue weighted by molar-refractivity contribution is 7.98. The molecular weight excluding hydrogens is 168 g/mol. The minimum atomic E-state index is 0.928. The van der Waals surface area contributed by atoms with E-state index in [0.717, 1.165) is 23.0 Å². The van der Waals surface area contributed by atoms with Gasteiger partial charge in [0.2, 0.25) is 0 Å². The molecule has 0 bridgehead atoms. The van der Waals surface area contributed by atoms with Gasteiger partial charge in [-0.05, 0) is 25.2 Å². The number of hydrogen-bond donors (Lipinski definition) is 0. The van der Waals surface area contributed by atoms with Gasteiger partial charge in [-0.2, -0.15) is 11.8 Å². The molecule has 0 amide bonds. The topological polar surface area (TPSA) is 25.8 Å². The van der Waals surface area contributed by atoms with Crippen molar-refractivity contribution in [3.63, 3.8) is 0 Å². The van der Waals surface area contributed by atoms with Crippen molar-refractivity contribution in [2.24, 2.45) is 0 Å². The Morgan fingerprint density at radius 3 is 2.75 bits per heavy atom. The number of hydrogen-bond acceptors (Lipinski definition) is 3. The highest BCUT2D eigenvalue weighted by Crippen LogP contribution is 2.08. The van der Waals surface area contributed by atoms with Gasteiger partial charge < -0.3 is 0 Å². The molecule has 0 aliphatic carbocycles. The Hall–Kier alpha value is -0.570. The van der Waals surface area contributed by atoms with E-state index in [9.17, 15) is 0 Å². The van der Waals surface area contributed by atoms with Crippen molar-refractivity contribution in [2.75, 3.05) is 5.75 Å². The lowest BCUT2D eigenvalue weighted by atomic mass is 10.3. The van der Waals surface area contributed by atoms with E-state index in [1.807, 2.05) is 31.8 Å². The molecule has 0 aromatic carbocycles. The van der Waals surface area contributed by atoms with Crippen molar-refractivity contribution >= 4 is 11.8 Å². The molecule has 3 heteroatoms. The molecule has 0 saturated heterocycles. The maximum atomic E-state index is 4.38. The molecule has 1 aromatic heterocycles. The summed E-state index contributed by atoms with van der Waals surface area (Å²) in [6, 6.07) is 0. The predicted octanol–water partition coefficient (Wildman–Crippen LogP) is 2.35. The number of aromatic nitrogens is 2. The molecule has 1 aromatic rings. The van der Waals surface area contributed by atoms with Crippen LogP contribution in [0.3, 0.4) is 0 Å². The largest absolute Gasteiger partial charge is 0.240 e. The Kier molecular flexibility index (Phi) is 3.53. The summed E-state index contributed by atoms with van der Waals surface area (Å²) in [5.74, 6) is 3.00. The molecule has 0 aliphatic heterocycles. The van der Waals surface area contributed by atoms with Crippen molar-refractivity contribution in [3.8, 4) is 0 Å². The molecule has 0 fully saturated rings. The summed E-state index contributed by atoms with van der Waals surface area (Å²) >= 11 is 1.85. The first-order valence-corrected chi connectivity index (χ1v) is 5.26. The lowest BCUT2D eigenvalue weighted by Gasteiger charge is -2.01. The normalized spacial score (nSPS) is 10.2. The van der Waals surface area contributed by atoms with Gasteiger partial charge in [0.15, 0.2) is 0 Å². The number of nitrogens with zero attached hydrogens (tertiary/aromatic N) is 2. The molecule has 0 radical (unpaired) electrons. The van der Waals surface area contributed by atoms with Gasteiger partial charge in [-0.1, -0.05) is 6.92 Å². The molecule has 0 atom stereocenters. The van der Waals surface area contributed by atoms with Crippen LogP contribution in [0.1, 0.15) is 24.0 Å². The van der Waals surface area contributed by atoms with Crippen LogP contribution < -0.4 is 0 Å². The second-order valence-corrected chi connectivity index (χ2v) is 3.97. The van der Waals surface area contributed by atoms with E-state index in [2.05, 4.69) is 16.9 Å². The van der Waals surface area contributed by atoms with E-state index in [0.29, 0.717) is 0 Å². The van der Waals surface area contributed by atoms with Gasteiger partial charge in [0, 0.05) is 11.9 Å². The molecule has 0 spiro atoms. The summed E-state index contributed by atoms with van der Waals surface area (Å²) in [5, 5.41) is 0. The third-order valence-corrected chi connectivity index (χ3v) is 2.58. The average molecular weight is 182 g/mol. The van der Waals surface area contributed by atoms with Crippen LogP contribution in [0.4, 0.5) is 0 Å². The first kappa shape index (κ1) is 9.52. The highest BCUT2D eigenvalue weighted by Gasteiger charge is 1.98. The highest BCUT2D eigenvalue weighted by atomic mass is 32.2. The van der Waals surface area contributed by atoms with Crippen molar-refractivity contribution in [2.45, 2.75) is 26.5 Å². The van der Waals surface area contributed by atoms with Gasteiger partial charge in [-0.15, -0.1) is 0 Å². The van der Waals surface area contributed by atoms with Crippen molar-refractivity contribution in [1.82, 2.24) is 9.97 Å². The zero-order valence-corrected chi connectivity index (χ0v) is 8.61. The second-order valence-electron chi connectivity index (χ2n) is 2.69. The number of rotatable bonds is 3. The fourth-order valence-corrected chi connectivity index (χ4v) is 1.36. The summed E-state index contributed by atoms with van der Waals surface area (Å²) in [6.45, 7) is 6.20. The molecule has 0 N–H and O–H groups in total. The lowest BCUT2D eigenvalue weighted by Crippen LogP contribution is -1.96. The SMILES string of the molecule is CCSCc1ncc(C)c(C)n1. The first-order chi connectivity index (χ1) is 5.74. The van der Waals surface area contributed by atoms with Crippen LogP contribution in [0.2, 0.25) is 0 Å². The second kappa shape index (κ2) is 4.45. The molecule has 66 valence electrons. The summed E-state index contributed by atoms with van der Waals surface area (Å²) in [5.41, 5.74) is 2.26. The van der Waals surface area contributed by atoms with E-state index in [-0.39, 0.29) is 0 Å². The van der Waals surface area contributed by atoms with E-state index in [1.54, 1.807) is 0 Å². The molecule has 1 heterocycles. The zero-order valence-electron chi connectivity index (χ0n) is 7.79. The van der Waals surface area contributed by atoms with Crippen LogP contribution in [0, 0.1) is 13.8 Å². The molecule has 1 rings (SSSR count). The number of aryl methyl sites for hydroxylation is 2. The monoisotopic (exact) mass is 182 g/mol. The van der Waals surface area contributed by atoms with E-state index < -0.39 is 0 Å². The third-order valence-electron chi connectivity index (χ3n) is 1.71. The zero-order chi connectivity index (χ0) is 8.97. The van der Waals surface area contributed by atoms with Crippen LogP contribution in [-0.4, -0.2) is 15.7 Å². The Morgan fingerprint density at radius 2 is 2.17 bits per heavy atom. The van der Waals surface area contributed by atoms with Gasteiger partial charge in [0.05, 0.1) is 5.75 Å². The van der Waals surface area contributed by atoms with E-state index in [4.69, 9.17) is 0 Å². The Bertz CT molecular complexity index is 261. The predicted molar refractivity (Wildman–Crippen MR) is 53.3 cm³/mol. The molecular formula is C9H14N2S. The Balaban J connectivity index is 2.69. The van der Waals surface area contributed by atoms with Crippen molar-refractivity contribution in [3.05, 3.63) is 23.3 Å². The smallest absolute Gasteiger partial charge is 0.138 e. The van der Waals surface area contributed by atoms with Gasteiger partial charge in [-0.3, -0.25) is 0 Å². The van der Waals surface area contributed by atoms with Gasteiger partial charge in [0.1, 0.15) is 5.82 Å². The van der Waals surface area contributed by atoms with Crippen molar-refractivity contribution < 1.29 is 0 Å². The summed E-state index contributed by atoms with van der Waals surface area (Å²) in [4.78, 5) is 8.62. The fraction of sp³-hybridized carbons (Fsp3) is 0.556. The van der Waals surface area contributed by atoms with Crippen molar-refractivity contribution in [1.29, 1.82) is 0 Å². The minimum absolute atomic E-state index is 0.928. The van der Waals surface area contributed by atoms with E-state index in [1.165, 1.54) is 5.56 Å². The van der Waals surface area contributed by atoms with Crippen LogP contribution in [-0.2, 0) is 5.75 Å². The van der Waals surface area contributed by atoms with Gasteiger partial charge in [0.25, 0.3) is 0 Å². The van der Waals surface area contributed by atoms with Crippen LogP contribution in [0.5, 0.6) is 0 Å². The van der Waals surface area contributed by atoms with E-state index >= 15 is 0 Å². The maximum absolute atomic E-state index is 4.38. The van der Waals surface area contributed by atoms with Gasteiger partial charge >= 0.3 is 0 Å². The number of thioether (sulfide) groups is 1. The summed E-state index contributed by atoms with van der Waals surface area (Å²) in [7, 11) is 0. The standard InChI is InChI=1S/C9H14N2S/c1-4-12-6-9-10-5-7(2)8(3)11-9/h5H,4,6H2,1-3H3. The molecule has 0 saturated carbocycles. The molecule has 0 aliphatic rings. The summed E-state index contributed by atoms with van der Waals surface area (Å²) < 4.78 is 0. The fourth-order valence-electron chi connectivity index (χ4n) is 0.838. The third kappa shape index (κ3) is 2.48. The molecule has 12 heavy (non-hydrogen) atoms. The summed E-state index contributed by atoms with van der Waals surface area (Å²) in [6.07, 6.45) is 1.90. The lowest BCUT2D eigenvalue weighted by molar-refractivity contribution is 0.973. The average Bonchev–Trinajstić information content (AvgIpc) is 2.07. The molecule has 0 unspecified atom stereocenters. The quantitative estimate of drug-likeness (QED) is 0.717. The van der Waals surface area contributed by atoms with Gasteiger partial charge in [-0.25, -0.2) is 9.97 Å². The maximum Gasteiger partial charge on any atom is 0.138 e. The minimum Gasteiger partial charge on any atom is -0.240 e.